The predicted molar refractivity (Wildman–Crippen MR) is 129 cm³/mol. The van der Waals surface area contributed by atoms with Crippen molar-refractivity contribution in [2.75, 3.05) is 0 Å². The highest BCUT2D eigenvalue weighted by Crippen LogP contribution is 2.47. The fourth-order valence-corrected chi connectivity index (χ4v) is 7.68. The smallest absolute Gasteiger partial charge is 0.208 e. The topological polar surface area (TPSA) is 47.0 Å². The monoisotopic (exact) mass is 441 g/mol. The van der Waals surface area contributed by atoms with Crippen LogP contribution in [-0.4, -0.2) is 21.5 Å². The van der Waals surface area contributed by atoms with Crippen LogP contribution in [0.3, 0.4) is 0 Å². The molecule has 0 radical (unpaired) electrons. The van der Waals surface area contributed by atoms with E-state index in [-0.39, 0.29) is 0 Å². The Morgan fingerprint density at radius 2 is 1.35 bits per heavy atom. The van der Waals surface area contributed by atoms with Crippen LogP contribution in [0.5, 0.6) is 0 Å². The highest BCUT2D eigenvalue weighted by Gasteiger charge is 2.35. The molecule has 0 N–H and O–H groups in total. The zero-order valence-electron chi connectivity index (χ0n) is 17.8. The minimum absolute atomic E-state index is 0.364. The van der Waals surface area contributed by atoms with Crippen molar-refractivity contribution in [3.05, 3.63) is 85.1 Å². The summed E-state index contributed by atoms with van der Waals surface area (Å²) in [6.07, 6.45) is 1.96. The minimum Gasteiger partial charge on any atom is -0.256 e. The van der Waals surface area contributed by atoms with E-state index in [2.05, 4.69) is 37.8 Å². The molecule has 1 aliphatic rings. The Labute approximate surface area is 184 Å². The average Bonchev–Trinajstić information content (AvgIpc) is 3.01. The van der Waals surface area contributed by atoms with Crippen molar-refractivity contribution in [3.8, 4) is 33.5 Å². The predicted octanol–water partition coefficient (Wildman–Crippen LogP) is 5.77. The molecule has 0 spiro atoms. The van der Waals surface area contributed by atoms with Gasteiger partial charge in [-0.3, -0.25) is 4.98 Å². The van der Waals surface area contributed by atoms with Crippen molar-refractivity contribution < 1.29 is 8.42 Å². The van der Waals surface area contributed by atoms with Crippen molar-refractivity contribution in [2.24, 2.45) is 0 Å². The fourth-order valence-electron chi connectivity index (χ4n) is 4.33. The number of aromatic nitrogens is 1. The van der Waals surface area contributed by atoms with E-state index in [1.807, 2.05) is 54.7 Å². The summed E-state index contributed by atoms with van der Waals surface area (Å²) in [6.45, 7) is 6.91. The van der Waals surface area contributed by atoms with Gasteiger partial charge in [0.2, 0.25) is 9.84 Å². The number of pyridine rings is 1. The van der Waals surface area contributed by atoms with Gasteiger partial charge in [0.1, 0.15) is 0 Å². The van der Waals surface area contributed by atoms with Crippen LogP contribution in [0.1, 0.15) is 0 Å². The molecule has 0 fully saturated rings. The zero-order chi connectivity index (χ0) is 21.8. The molecule has 5 rings (SSSR count). The summed E-state index contributed by atoms with van der Waals surface area (Å²) in [7, 11) is -5.26. The molecule has 3 nitrogen and oxygen atoms in total. The molecule has 0 aliphatic carbocycles. The van der Waals surface area contributed by atoms with Crippen LogP contribution in [0.25, 0.3) is 33.5 Å². The van der Waals surface area contributed by atoms with Crippen LogP contribution >= 0.6 is 0 Å². The Morgan fingerprint density at radius 3 is 2.10 bits per heavy atom. The van der Waals surface area contributed by atoms with Gasteiger partial charge in [-0.05, 0) is 28.4 Å². The van der Waals surface area contributed by atoms with Crippen molar-refractivity contribution in [1.82, 2.24) is 4.98 Å². The van der Waals surface area contributed by atoms with Gasteiger partial charge in [-0.2, -0.15) is 0 Å². The van der Waals surface area contributed by atoms with Gasteiger partial charge in [0.05, 0.1) is 23.6 Å². The van der Waals surface area contributed by atoms with E-state index in [4.69, 9.17) is 4.98 Å². The number of rotatable bonds is 3. The molecule has 3 aromatic carbocycles. The summed E-state index contributed by atoms with van der Waals surface area (Å²) in [5.74, 6) is 0. The highest BCUT2D eigenvalue weighted by molar-refractivity contribution is 7.92. The van der Waals surface area contributed by atoms with Crippen molar-refractivity contribution in [3.63, 3.8) is 0 Å². The summed E-state index contributed by atoms with van der Waals surface area (Å²) in [5, 5.41) is 1.26. The van der Waals surface area contributed by atoms with Crippen LogP contribution < -0.4 is 5.19 Å². The first kappa shape index (κ1) is 19.9. The molecular formula is C26H23NO2SSi. The lowest BCUT2D eigenvalue weighted by Gasteiger charge is -2.22. The third kappa shape index (κ3) is 3.16. The van der Waals surface area contributed by atoms with Crippen LogP contribution in [-0.2, 0) is 9.84 Å². The molecule has 5 heteroatoms. The van der Waals surface area contributed by atoms with Crippen LogP contribution in [0.4, 0.5) is 0 Å². The molecule has 0 atom stereocenters. The fraction of sp³-hybridized carbons (Fsp3) is 0.115. The average molecular weight is 442 g/mol. The Morgan fingerprint density at radius 1 is 0.710 bits per heavy atom. The lowest BCUT2D eigenvalue weighted by Crippen LogP contribution is -2.39. The van der Waals surface area contributed by atoms with Gasteiger partial charge in [0.25, 0.3) is 0 Å². The lowest BCUT2D eigenvalue weighted by atomic mass is 9.99. The second kappa shape index (κ2) is 7.01. The zero-order valence-corrected chi connectivity index (χ0v) is 19.6. The first-order valence-corrected chi connectivity index (χ1v) is 15.3. The Hall–Kier alpha value is -3.02. The molecule has 1 aromatic heterocycles. The maximum atomic E-state index is 13.4. The number of nitrogens with zero attached hydrogens (tertiary/aromatic N) is 1. The maximum absolute atomic E-state index is 13.4. The Balaban J connectivity index is 1.78. The number of sulfone groups is 1. The van der Waals surface area contributed by atoms with E-state index in [1.165, 1.54) is 5.19 Å². The van der Waals surface area contributed by atoms with E-state index in [0.29, 0.717) is 21.0 Å². The van der Waals surface area contributed by atoms with Gasteiger partial charge in [-0.1, -0.05) is 86.4 Å². The SMILES string of the molecule is C[Si](C)(C)c1cnc(-c2cccc3c2S(=O)(=O)c2ccccc2-3)cc1-c1ccccc1. The molecule has 0 saturated heterocycles. The van der Waals surface area contributed by atoms with Crippen LogP contribution in [0, 0.1) is 0 Å². The quantitative estimate of drug-likeness (QED) is 0.334. The molecule has 0 unspecified atom stereocenters. The summed E-state index contributed by atoms with van der Waals surface area (Å²) in [5.41, 5.74) is 5.13. The van der Waals surface area contributed by atoms with Gasteiger partial charge < -0.3 is 0 Å². The number of hydrogen-bond donors (Lipinski definition) is 0. The Bertz CT molecular complexity index is 1420. The highest BCUT2D eigenvalue weighted by atomic mass is 32.2. The van der Waals surface area contributed by atoms with E-state index in [9.17, 15) is 8.42 Å². The summed E-state index contributed by atoms with van der Waals surface area (Å²) in [6, 6.07) is 25.2. The van der Waals surface area contributed by atoms with Gasteiger partial charge in [0, 0.05) is 22.9 Å². The van der Waals surface area contributed by atoms with Crippen LogP contribution in [0.2, 0.25) is 19.6 Å². The number of fused-ring (bicyclic) bond motifs is 3. The van der Waals surface area contributed by atoms with Crippen molar-refractivity contribution in [2.45, 2.75) is 29.4 Å². The number of benzene rings is 3. The summed E-state index contributed by atoms with van der Waals surface area (Å²) in [4.78, 5) is 5.52. The first-order chi connectivity index (χ1) is 14.8. The standard InChI is InChI=1S/C26H23NO2SSi/c1-31(2,3)25-17-27-23(16-22(25)18-10-5-4-6-11-18)21-14-9-13-20-19-12-7-8-15-24(19)30(28,29)26(20)21/h4-17H,1-3H3. The second-order valence-corrected chi connectivity index (χ2v) is 15.8. The van der Waals surface area contributed by atoms with Crippen molar-refractivity contribution >= 4 is 23.1 Å². The molecule has 31 heavy (non-hydrogen) atoms. The molecule has 2 heterocycles. The van der Waals surface area contributed by atoms with Crippen molar-refractivity contribution in [1.29, 1.82) is 0 Å². The second-order valence-electron chi connectivity index (χ2n) is 8.91. The molecule has 4 aromatic rings. The molecule has 0 bridgehead atoms. The normalized spacial score (nSPS) is 14.2. The lowest BCUT2D eigenvalue weighted by molar-refractivity contribution is 0.599. The van der Waals surface area contributed by atoms with Gasteiger partial charge >= 0.3 is 0 Å². The van der Waals surface area contributed by atoms with Gasteiger partial charge in [-0.15, -0.1) is 0 Å². The molecule has 0 amide bonds. The van der Waals surface area contributed by atoms with Gasteiger partial charge in [0.15, 0.2) is 0 Å². The minimum atomic E-state index is -3.59. The van der Waals surface area contributed by atoms with E-state index < -0.39 is 17.9 Å². The Kier molecular flexibility index (Phi) is 4.50. The van der Waals surface area contributed by atoms with Crippen LogP contribution in [0.15, 0.2) is 94.9 Å². The maximum Gasteiger partial charge on any atom is 0.208 e. The number of hydrogen-bond acceptors (Lipinski definition) is 3. The largest absolute Gasteiger partial charge is 0.256 e. The van der Waals surface area contributed by atoms with Gasteiger partial charge in [-0.25, -0.2) is 8.42 Å². The van der Waals surface area contributed by atoms with E-state index in [0.717, 1.165) is 22.3 Å². The third-order valence-electron chi connectivity index (χ3n) is 5.82. The van der Waals surface area contributed by atoms with E-state index >= 15 is 0 Å². The third-order valence-corrected chi connectivity index (χ3v) is 9.75. The molecule has 0 saturated carbocycles. The first-order valence-electron chi connectivity index (χ1n) is 10.3. The summed E-state index contributed by atoms with van der Waals surface area (Å²) >= 11 is 0. The molecular weight excluding hydrogens is 418 g/mol. The summed E-state index contributed by atoms with van der Waals surface area (Å²) < 4.78 is 26.9. The molecule has 154 valence electrons. The van der Waals surface area contributed by atoms with E-state index in [1.54, 1.807) is 12.1 Å². The molecule has 1 aliphatic heterocycles.